The molecule has 1 unspecified atom stereocenters. The zero-order valence-corrected chi connectivity index (χ0v) is 22.6. The highest BCUT2D eigenvalue weighted by Gasteiger charge is 2.26. The van der Waals surface area contributed by atoms with E-state index in [1.54, 1.807) is 13.0 Å². The molecule has 36 heavy (non-hydrogen) atoms. The third kappa shape index (κ3) is 7.02. The summed E-state index contributed by atoms with van der Waals surface area (Å²) in [4.78, 5) is 24.9. The fourth-order valence-electron chi connectivity index (χ4n) is 3.11. The van der Waals surface area contributed by atoms with Crippen LogP contribution in [0, 0.1) is 5.82 Å². The topological polar surface area (TPSA) is 146 Å². The number of nitrogens with zero attached hydrogens (tertiary/aromatic N) is 3. The van der Waals surface area contributed by atoms with Crippen LogP contribution in [0.5, 0.6) is 0 Å². The van der Waals surface area contributed by atoms with Crippen LogP contribution in [-0.4, -0.2) is 53.4 Å². The van der Waals surface area contributed by atoms with Gasteiger partial charge in [0.05, 0.1) is 38.2 Å². The molecule has 0 saturated heterocycles. The van der Waals surface area contributed by atoms with Gasteiger partial charge in [-0.15, -0.1) is 11.3 Å². The molecule has 0 radical (unpaired) electrons. The molecule has 4 N–H and O–H groups in total. The largest absolute Gasteiger partial charge is 0.465 e. The Morgan fingerprint density at radius 2 is 1.97 bits per heavy atom. The van der Waals surface area contributed by atoms with Crippen LogP contribution in [0.2, 0.25) is 5.02 Å². The van der Waals surface area contributed by atoms with E-state index in [1.807, 2.05) is 20.8 Å². The van der Waals surface area contributed by atoms with Crippen molar-refractivity contribution in [1.82, 2.24) is 20.3 Å². The Morgan fingerprint density at radius 3 is 2.58 bits per heavy atom. The molecule has 0 saturated carbocycles. The van der Waals surface area contributed by atoms with E-state index in [0.717, 1.165) is 17.3 Å². The van der Waals surface area contributed by atoms with E-state index in [4.69, 9.17) is 21.7 Å². The van der Waals surface area contributed by atoms with Crippen LogP contribution in [0.25, 0.3) is 21.8 Å². The second-order valence-corrected chi connectivity index (χ2v) is 12.3. The summed E-state index contributed by atoms with van der Waals surface area (Å²) in [6.07, 6.45) is 1.34. The monoisotopic (exact) mass is 556 g/mol. The molecule has 0 bridgehead atoms. The Bertz CT molecular complexity index is 1390. The molecule has 2 aromatic heterocycles. The average molecular weight is 557 g/mol. The number of hydrogen-bond acceptors (Lipinski definition) is 8. The highest BCUT2D eigenvalue weighted by atomic mass is 35.5. The van der Waals surface area contributed by atoms with Crippen LogP contribution >= 0.6 is 22.9 Å². The average Bonchev–Trinajstić information content (AvgIpc) is 3.19. The first-order chi connectivity index (χ1) is 16.6. The van der Waals surface area contributed by atoms with Gasteiger partial charge in [0.2, 0.25) is 16.0 Å². The number of rotatable bonds is 8. The van der Waals surface area contributed by atoms with E-state index < -0.39 is 28.0 Å². The van der Waals surface area contributed by atoms with E-state index in [0.29, 0.717) is 16.3 Å². The molecule has 194 valence electrons. The van der Waals surface area contributed by atoms with E-state index in [9.17, 15) is 17.6 Å². The van der Waals surface area contributed by atoms with Crippen molar-refractivity contribution in [3.8, 4) is 21.8 Å². The zero-order valence-electron chi connectivity index (χ0n) is 20.2. The van der Waals surface area contributed by atoms with Gasteiger partial charge in [0.15, 0.2) is 0 Å². The summed E-state index contributed by atoms with van der Waals surface area (Å²) in [6, 6.07) is 3.47. The van der Waals surface area contributed by atoms with Crippen LogP contribution in [0.3, 0.4) is 0 Å². The van der Waals surface area contributed by atoms with Gasteiger partial charge in [-0.05, 0) is 25.1 Å². The molecular formula is C22H26ClFN6O4S2. The fourth-order valence-corrected chi connectivity index (χ4v) is 5.08. The normalized spacial score (nSPS) is 12.8. The van der Waals surface area contributed by atoms with Gasteiger partial charge in [0.1, 0.15) is 5.82 Å². The molecule has 14 heteroatoms. The SMILES string of the molecule is CC(CNc1nccc(-c2sc(C(C)(C)C)nc2-c2cc(F)cc(NS(C)(=O)=O)c2Cl)n1)NC(=O)O. The number of halogens is 2. The van der Waals surface area contributed by atoms with Crippen molar-refractivity contribution >= 4 is 50.7 Å². The van der Waals surface area contributed by atoms with Crippen molar-refractivity contribution in [2.75, 3.05) is 22.8 Å². The number of thiazole rings is 1. The lowest BCUT2D eigenvalue weighted by atomic mass is 9.98. The maximum absolute atomic E-state index is 14.6. The molecule has 1 amide bonds. The number of hydrogen-bond donors (Lipinski definition) is 4. The highest BCUT2D eigenvalue weighted by Crippen LogP contribution is 2.44. The van der Waals surface area contributed by atoms with Gasteiger partial charge in [-0.25, -0.2) is 32.6 Å². The van der Waals surface area contributed by atoms with Gasteiger partial charge in [0.25, 0.3) is 0 Å². The van der Waals surface area contributed by atoms with Crippen molar-refractivity contribution in [2.45, 2.75) is 39.2 Å². The van der Waals surface area contributed by atoms with Crippen LogP contribution in [0.1, 0.15) is 32.7 Å². The number of amides is 1. The maximum atomic E-state index is 14.6. The Kier molecular flexibility index (Phi) is 8.06. The molecular weight excluding hydrogens is 531 g/mol. The number of aromatic nitrogens is 3. The van der Waals surface area contributed by atoms with Gasteiger partial charge in [-0.2, -0.15) is 0 Å². The van der Waals surface area contributed by atoms with E-state index in [-0.39, 0.29) is 34.2 Å². The molecule has 1 atom stereocenters. The number of anilines is 2. The van der Waals surface area contributed by atoms with E-state index in [1.165, 1.54) is 23.6 Å². The summed E-state index contributed by atoms with van der Waals surface area (Å²) in [5, 5.41) is 14.9. The third-order valence-corrected chi connectivity index (χ3v) is 7.18. The molecule has 1 aromatic carbocycles. The lowest BCUT2D eigenvalue weighted by molar-refractivity contribution is 0.191. The first kappa shape index (κ1) is 27.6. The zero-order chi connectivity index (χ0) is 26.8. The fraction of sp³-hybridized carbons (Fsp3) is 0.364. The van der Waals surface area contributed by atoms with Crippen molar-refractivity contribution in [1.29, 1.82) is 0 Å². The number of carbonyl (C=O) groups is 1. The van der Waals surface area contributed by atoms with Gasteiger partial charge in [0, 0.05) is 29.8 Å². The summed E-state index contributed by atoms with van der Waals surface area (Å²) < 4.78 is 40.4. The van der Waals surface area contributed by atoms with Gasteiger partial charge < -0.3 is 15.7 Å². The van der Waals surface area contributed by atoms with Crippen LogP contribution in [0.4, 0.5) is 20.8 Å². The highest BCUT2D eigenvalue weighted by molar-refractivity contribution is 7.92. The third-order valence-electron chi connectivity index (χ3n) is 4.68. The molecule has 2 heterocycles. The molecule has 0 aliphatic carbocycles. The molecule has 3 aromatic rings. The maximum Gasteiger partial charge on any atom is 0.404 e. The minimum atomic E-state index is -3.71. The Labute approximate surface area is 217 Å². The first-order valence-electron chi connectivity index (χ1n) is 10.7. The number of benzene rings is 1. The van der Waals surface area contributed by atoms with Crippen molar-refractivity contribution < 1.29 is 22.7 Å². The van der Waals surface area contributed by atoms with Gasteiger partial charge >= 0.3 is 6.09 Å². The van der Waals surface area contributed by atoms with Gasteiger partial charge in [-0.3, -0.25) is 4.72 Å². The minimum absolute atomic E-state index is 0.00481. The number of nitrogens with one attached hydrogen (secondary N) is 3. The predicted octanol–water partition coefficient (Wildman–Crippen LogP) is 4.80. The second kappa shape index (κ2) is 10.5. The summed E-state index contributed by atoms with van der Waals surface area (Å²) in [5.74, 6) is -0.435. The van der Waals surface area contributed by atoms with E-state index >= 15 is 0 Å². The molecule has 0 fully saturated rings. The Balaban J connectivity index is 2.10. The molecule has 0 spiro atoms. The number of sulfonamides is 1. The van der Waals surface area contributed by atoms with Crippen LogP contribution in [-0.2, 0) is 15.4 Å². The minimum Gasteiger partial charge on any atom is -0.465 e. The summed E-state index contributed by atoms with van der Waals surface area (Å²) in [6.45, 7) is 7.87. The first-order valence-corrected chi connectivity index (χ1v) is 13.8. The quantitative estimate of drug-likeness (QED) is 0.309. The predicted molar refractivity (Wildman–Crippen MR) is 140 cm³/mol. The van der Waals surface area contributed by atoms with Crippen LogP contribution in [0.15, 0.2) is 24.4 Å². The van der Waals surface area contributed by atoms with Gasteiger partial charge in [-0.1, -0.05) is 32.4 Å². The summed E-state index contributed by atoms with van der Waals surface area (Å²) >= 11 is 7.88. The van der Waals surface area contributed by atoms with E-state index in [2.05, 4.69) is 25.3 Å². The number of carboxylic acid groups (broad SMARTS) is 1. The smallest absolute Gasteiger partial charge is 0.404 e. The molecule has 0 aliphatic heterocycles. The molecule has 10 nitrogen and oxygen atoms in total. The molecule has 0 aliphatic rings. The lowest BCUT2D eigenvalue weighted by Crippen LogP contribution is -2.36. The lowest BCUT2D eigenvalue weighted by Gasteiger charge is -2.14. The van der Waals surface area contributed by atoms with Crippen LogP contribution < -0.4 is 15.4 Å². The Hall–Kier alpha value is -3.03. The summed E-state index contributed by atoms with van der Waals surface area (Å²) in [5.41, 5.74) is 0.577. The van der Waals surface area contributed by atoms with Crippen molar-refractivity contribution in [3.05, 3.63) is 40.2 Å². The van der Waals surface area contributed by atoms with Crippen molar-refractivity contribution in [3.63, 3.8) is 0 Å². The van der Waals surface area contributed by atoms with Crippen molar-refractivity contribution in [2.24, 2.45) is 0 Å². The summed E-state index contributed by atoms with van der Waals surface area (Å²) in [7, 11) is -3.71. The Morgan fingerprint density at radius 1 is 1.28 bits per heavy atom. The standard InChI is InChI=1S/C22H26ClFN6O4S2/c1-11(27-21(31)32)10-26-20-25-7-6-14(28-20)18-17(29-19(35-18)22(2,3)4)13-8-12(24)9-15(16(13)23)30-36(5,33)34/h6-9,11,27,30H,10H2,1-5H3,(H,31,32)(H,25,26,28). The second-order valence-electron chi connectivity index (χ2n) is 9.13. The molecule has 3 rings (SSSR count).